The van der Waals surface area contributed by atoms with Crippen LogP contribution in [0.5, 0.6) is 0 Å². The van der Waals surface area contributed by atoms with Crippen LogP contribution in [-0.4, -0.2) is 16.5 Å². The van der Waals surface area contributed by atoms with Crippen molar-refractivity contribution in [2.75, 3.05) is 7.05 Å². The molecule has 3 atom stereocenters. The first-order chi connectivity index (χ1) is 9.70. The average molecular weight is 285 g/mol. The molecule has 0 saturated heterocycles. The highest BCUT2D eigenvalue weighted by Crippen LogP contribution is 2.35. The normalized spacial score (nSPS) is 22.5. The van der Waals surface area contributed by atoms with Crippen molar-refractivity contribution in [1.82, 2.24) is 5.32 Å². The van der Waals surface area contributed by atoms with Crippen molar-refractivity contribution in [3.05, 3.63) is 65.2 Å². The maximum atomic E-state index is 12.9. The van der Waals surface area contributed by atoms with Gasteiger partial charge in [-0.2, -0.15) is 0 Å². The molecule has 0 bridgehead atoms. The molecule has 0 radical (unpaired) electrons. The molecule has 0 amide bonds. The lowest BCUT2D eigenvalue weighted by molar-refractivity contribution is 0.581. The van der Waals surface area contributed by atoms with E-state index in [1.807, 2.05) is 31.3 Å². The van der Waals surface area contributed by atoms with E-state index in [9.17, 15) is 4.21 Å². The number of benzene rings is 2. The van der Waals surface area contributed by atoms with Gasteiger partial charge in [-0.05, 0) is 43.7 Å². The van der Waals surface area contributed by atoms with Crippen molar-refractivity contribution in [1.29, 1.82) is 0 Å². The first kappa shape index (κ1) is 13.5. The number of rotatable bonds is 3. The lowest BCUT2D eigenvalue weighted by Gasteiger charge is -2.19. The van der Waals surface area contributed by atoms with E-state index in [4.69, 9.17) is 0 Å². The maximum Gasteiger partial charge on any atom is 0.0629 e. The Kier molecular flexibility index (Phi) is 3.72. The van der Waals surface area contributed by atoms with Gasteiger partial charge in [0.15, 0.2) is 0 Å². The van der Waals surface area contributed by atoms with Crippen LogP contribution in [0.3, 0.4) is 0 Å². The molecule has 20 heavy (non-hydrogen) atoms. The van der Waals surface area contributed by atoms with Gasteiger partial charge in [-0.25, -0.2) is 0 Å². The highest BCUT2D eigenvalue weighted by atomic mass is 32.2. The number of hydrogen-bond donors (Lipinski definition) is 1. The molecule has 3 heteroatoms. The molecule has 2 aromatic rings. The number of nitrogens with one attached hydrogen (secondary N) is 1. The Bertz CT molecular complexity index is 636. The average Bonchev–Trinajstić information content (AvgIpc) is 2.85. The summed E-state index contributed by atoms with van der Waals surface area (Å²) >= 11 is 0. The highest BCUT2D eigenvalue weighted by molar-refractivity contribution is 7.85. The molecule has 0 fully saturated rings. The minimum Gasteiger partial charge on any atom is -0.312 e. The Balaban J connectivity index is 1.92. The second kappa shape index (κ2) is 5.51. The topological polar surface area (TPSA) is 29.1 Å². The molecule has 0 spiro atoms. The molecule has 0 aromatic heterocycles. The number of hydrogen-bond acceptors (Lipinski definition) is 2. The van der Waals surface area contributed by atoms with Gasteiger partial charge in [0.05, 0.1) is 16.0 Å². The summed E-state index contributed by atoms with van der Waals surface area (Å²) in [5, 5.41) is 3.45. The fourth-order valence-corrected chi connectivity index (χ4v) is 4.56. The van der Waals surface area contributed by atoms with Crippen molar-refractivity contribution in [3.63, 3.8) is 0 Å². The van der Waals surface area contributed by atoms with E-state index in [1.54, 1.807) is 0 Å². The second-order valence-corrected chi connectivity index (χ2v) is 6.99. The molecule has 3 unspecified atom stereocenters. The molecule has 0 saturated carbocycles. The van der Waals surface area contributed by atoms with Crippen LogP contribution in [0.4, 0.5) is 0 Å². The van der Waals surface area contributed by atoms with Crippen LogP contribution in [-0.2, 0) is 17.2 Å². The predicted octanol–water partition coefficient (Wildman–Crippen LogP) is 2.99. The summed E-state index contributed by atoms with van der Waals surface area (Å²) in [6.45, 7) is 2.05. The zero-order valence-corrected chi connectivity index (χ0v) is 12.6. The molecule has 2 aromatic carbocycles. The molecule has 2 nitrogen and oxygen atoms in total. The van der Waals surface area contributed by atoms with Gasteiger partial charge < -0.3 is 5.32 Å². The summed E-state index contributed by atoms with van der Waals surface area (Å²) in [5.74, 6) is 0. The van der Waals surface area contributed by atoms with Gasteiger partial charge >= 0.3 is 0 Å². The van der Waals surface area contributed by atoms with E-state index in [0.717, 1.165) is 11.3 Å². The van der Waals surface area contributed by atoms with Gasteiger partial charge in [-0.3, -0.25) is 4.21 Å². The Hall–Kier alpha value is -1.45. The number of fused-ring (bicyclic) bond motifs is 1. The van der Waals surface area contributed by atoms with Crippen LogP contribution >= 0.6 is 0 Å². The minimum atomic E-state index is -0.986. The zero-order valence-electron chi connectivity index (χ0n) is 11.8. The Morgan fingerprint density at radius 1 is 1.10 bits per heavy atom. The van der Waals surface area contributed by atoms with Crippen molar-refractivity contribution < 1.29 is 4.21 Å². The molecule has 1 aliphatic rings. The third kappa shape index (κ3) is 2.32. The molecule has 1 aliphatic carbocycles. The molecular weight excluding hydrogens is 266 g/mol. The lowest BCUT2D eigenvalue weighted by Crippen LogP contribution is -2.29. The molecule has 3 rings (SSSR count). The first-order valence-corrected chi connectivity index (χ1v) is 8.14. The summed E-state index contributed by atoms with van der Waals surface area (Å²) in [5.41, 5.74) is 3.81. The van der Waals surface area contributed by atoms with Crippen LogP contribution < -0.4 is 5.32 Å². The Labute approximate surface area is 122 Å². The monoisotopic (exact) mass is 285 g/mol. The van der Waals surface area contributed by atoms with Crippen molar-refractivity contribution in [2.45, 2.75) is 29.5 Å². The van der Waals surface area contributed by atoms with Crippen LogP contribution in [0.2, 0.25) is 0 Å². The van der Waals surface area contributed by atoms with Crippen LogP contribution in [0.25, 0.3) is 0 Å². The van der Waals surface area contributed by atoms with Gasteiger partial charge in [0, 0.05) is 10.9 Å². The first-order valence-electron chi connectivity index (χ1n) is 6.93. The summed E-state index contributed by atoms with van der Waals surface area (Å²) in [4.78, 5) is 0.925. The fourth-order valence-electron chi connectivity index (χ4n) is 2.95. The van der Waals surface area contributed by atoms with Crippen LogP contribution in [0.1, 0.15) is 22.7 Å². The van der Waals surface area contributed by atoms with Crippen LogP contribution in [0.15, 0.2) is 53.4 Å². The quantitative estimate of drug-likeness (QED) is 0.939. The van der Waals surface area contributed by atoms with Crippen LogP contribution in [0, 0.1) is 6.92 Å². The fraction of sp³-hybridized carbons (Fsp3) is 0.294. The zero-order chi connectivity index (χ0) is 14.1. The third-order valence-corrected chi connectivity index (χ3v) is 5.75. The lowest BCUT2D eigenvalue weighted by atomic mass is 10.1. The summed E-state index contributed by atoms with van der Waals surface area (Å²) in [7, 11) is 0.965. The van der Waals surface area contributed by atoms with E-state index in [0.29, 0.717) is 0 Å². The van der Waals surface area contributed by atoms with Crippen molar-refractivity contribution in [3.8, 4) is 0 Å². The van der Waals surface area contributed by atoms with E-state index in [-0.39, 0.29) is 11.3 Å². The third-order valence-electron chi connectivity index (χ3n) is 4.02. The van der Waals surface area contributed by atoms with E-state index < -0.39 is 10.8 Å². The Morgan fingerprint density at radius 3 is 2.50 bits per heavy atom. The minimum absolute atomic E-state index is 0.111. The highest BCUT2D eigenvalue weighted by Gasteiger charge is 2.35. The smallest absolute Gasteiger partial charge is 0.0629 e. The van der Waals surface area contributed by atoms with Crippen molar-refractivity contribution >= 4 is 10.8 Å². The van der Waals surface area contributed by atoms with E-state index >= 15 is 0 Å². The largest absolute Gasteiger partial charge is 0.312 e. The van der Waals surface area contributed by atoms with Gasteiger partial charge in [0.25, 0.3) is 0 Å². The molecule has 0 heterocycles. The molecular formula is C17H19NOS. The molecule has 1 N–H and O–H groups in total. The maximum absolute atomic E-state index is 12.9. The molecule has 104 valence electrons. The predicted molar refractivity (Wildman–Crippen MR) is 83.3 cm³/mol. The van der Waals surface area contributed by atoms with Gasteiger partial charge in [0.2, 0.25) is 0 Å². The van der Waals surface area contributed by atoms with Crippen molar-refractivity contribution in [2.24, 2.45) is 0 Å². The van der Waals surface area contributed by atoms with Gasteiger partial charge in [0.1, 0.15) is 0 Å². The summed E-state index contributed by atoms with van der Waals surface area (Å²) < 4.78 is 12.9. The van der Waals surface area contributed by atoms with E-state index in [1.165, 1.54) is 16.7 Å². The molecule has 0 aliphatic heterocycles. The van der Waals surface area contributed by atoms with Gasteiger partial charge in [-0.15, -0.1) is 0 Å². The van der Waals surface area contributed by atoms with E-state index in [2.05, 4.69) is 36.5 Å². The SMILES string of the molecule is CNC1c2ccccc2CC1S(=O)c1ccc(C)cc1. The summed E-state index contributed by atoms with van der Waals surface area (Å²) in [6, 6.07) is 16.6. The number of aryl methyl sites for hydroxylation is 1. The summed E-state index contributed by atoms with van der Waals surface area (Å²) in [6.07, 6.45) is 0.877. The van der Waals surface area contributed by atoms with Gasteiger partial charge in [-0.1, -0.05) is 42.0 Å². The second-order valence-electron chi connectivity index (χ2n) is 5.32. The Morgan fingerprint density at radius 2 is 1.80 bits per heavy atom. The standard InChI is InChI=1S/C17H19NOS/c1-12-7-9-14(10-8-12)20(19)16-11-13-5-3-4-6-15(13)17(16)18-2/h3-10,16-18H,11H2,1-2H3.